The number of thiophene rings is 1. The van der Waals surface area contributed by atoms with Gasteiger partial charge in [0.2, 0.25) is 0 Å². The fraction of sp³-hybridized carbons (Fsp3) is 0.250. The minimum absolute atomic E-state index is 0.0551. The molecular formula is C20H19N3O5S2. The molecule has 1 fully saturated rings. The summed E-state index contributed by atoms with van der Waals surface area (Å²) in [6.45, 7) is -0.496. The van der Waals surface area contributed by atoms with E-state index in [1.54, 1.807) is 6.07 Å². The first kappa shape index (κ1) is 20.3. The topological polar surface area (TPSA) is 107 Å². The van der Waals surface area contributed by atoms with E-state index >= 15 is 0 Å². The van der Waals surface area contributed by atoms with Crippen LogP contribution in [0, 0.1) is 0 Å². The number of para-hydroxylation sites is 1. The van der Waals surface area contributed by atoms with E-state index in [1.807, 2.05) is 47.8 Å². The number of rotatable bonds is 6. The van der Waals surface area contributed by atoms with Gasteiger partial charge in [-0.15, -0.1) is 11.3 Å². The van der Waals surface area contributed by atoms with Crippen LogP contribution in [0.15, 0.2) is 53.9 Å². The Morgan fingerprint density at radius 2 is 2.00 bits per heavy atom. The summed E-state index contributed by atoms with van der Waals surface area (Å²) >= 11 is 1.50. The molecule has 3 aromatic rings. The summed E-state index contributed by atoms with van der Waals surface area (Å²) in [7, 11) is -3.10. The van der Waals surface area contributed by atoms with Gasteiger partial charge in [-0.05, 0) is 30.0 Å². The number of esters is 1. The molecule has 3 heterocycles. The molecule has 1 unspecified atom stereocenters. The molecule has 1 saturated heterocycles. The Kier molecular flexibility index (Phi) is 5.69. The molecule has 1 aromatic carbocycles. The van der Waals surface area contributed by atoms with Crippen molar-refractivity contribution in [2.45, 2.75) is 12.5 Å². The van der Waals surface area contributed by atoms with Gasteiger partial charge in [-0.25, -0.2) is 17.9 Å². The maximum atomic E-state index is 12.7. The van der Waals surface area contributed by atoms with Crippen molar-refractivity contribution in [3.63, 3.8) is 0 Å². The number of amides is 1. The Morgan fingerprint density at radius 3 is 2.67 bits per heavy atom. The average Bonchev–Trinajstić information content (AvgIpc) is 3.46. The molecule has 2 aromatic heterocycles. The number of carbonyl (C=O) groups excluding carboxylic acids is 2. The summed E-state index contributed by atoms with van der Waals surface area (Å²) in [5.41, 5.74) is 1.51. The smallest absolute Gasteiger partial charge is 0.357 e. The maximum Gasteiger partial charge on any atom is 0.357 e. The van der Waals surface area contributed by atoms with E-state index in [9.17, 15) is 18.0 Å². The number of carbonyl (C=O) groups is 2. The van der Waals surface area contributed by atoms with Gasteiger partial charge in [0.05, 0.1) is 22.1 Å². The first-order chi connectivity index (χ1) is 14.4. The second-order valence-corrected chi connectivity index (χ2v) is 10.1. The van der Waals surface area contributed by atoms with Crippen LogP contribution in [0.2, 0.25) is 0 Å². The fourth-order valence-corrected chi connectivity index (χ4v) is 5.58. The SMILES string of the molecule is O=C(COC(=O)c1cc(-c2cccs2)nn1-c1ccccc1)NC1CCS(=O)(=O)C1. The monoisotopic (exact) mass is 445 g/mol. The lowest BCUT2D eigenvalue weighted by atomic mass is 10.2. The van der Waals surface area contributed by atoms with Crippen molar-refractivity contribution in [1.82, 2.24) is 15.1 Å². The van der Waals surface area contributed by atoms with Gasteiger partial charge in [0.15, 0.2) is 22.1 Å². The van der Waals surface area contributed by atoms with Gasteiger partial charge in [0.25, 0.3) is 5.91 Å². The van der Waals surface area contributed by atoms with Crippen LogP contribution < -0.4 is 5.32 Å². The molecule has 1 amide bonds. The first-order valence-electron chi connectivity index (χ1n) is 9.27. The van der Waals surface area contributed by atoms with Crippen LogP contribution in [0.3, 0.4) is 0 Å². The molecule has 0 aliphatic carbocycles. The number of ether oxygens (including phenoxy) is 1. The van der Waals surface area contributed by atoms with Crippen LogP contribution in [-0.2, 0) is 19.4 Å². The van der Waals surface area contributed by atoms with Gasteiger partial charge >= 0.3 is 5.97 Å². The van der Waals surface area contributed by atoms with E-state index in [4.69, 9.17) is 4.74 Å². The molecule has 30 heavy (non-hydrogen) atoms. The number of aromatic nitrogens is 2. The third-order valence-corrected chi connectivity index (χ3v) is 7.29. The highest BCUT2D eigenvalue weighted by Gasteiger charge is 2.29. The highest BCUT2D eigenvalue weighted by molar-refractivity contribution is 7.91. The van der Waals surface area contributed by atoms with Crippen LogP contribution in [0.4, 0.5) is 0 Å². The fourth-order valence-electron chi connectivity index (χ4n) is 3.22. The molecule has 10 heteroatoms. The summed E-state index contributed by atoms with van der Waals surface area (Å²) in [6.07, 6.45) is 0.368. The first-order valence-corrected chi connectivity index (χ1v) is 12.0. The molecule has 0 radical (unpaired) electrons. The van der Waals surface area contributed by atoms with Gasteiger partial charge in [0, 0.05) is 12.1 Å². The summed E-state index contributed by atoms with van der Waals surface area (Å²) in [5.74, 6) is -1.25. The minimum Gasteiger partial charge on any atom is -0.451 e. The van der Waals surface area contributed by atoms with Crippen LogP contribution in [0.25, 0.3) is 16.3 Å². The maximum absolute atomic E-state index is 12.7. The largest absolute Gasteiger partial charge is 0.451 e. The molecular weight excluding hydrogens is 426 g/mol. The third kappa shape index (κ3) is 4.60. The lowest BCUT2D eigenvalue weighted by Gasteiger charge is -2.11. The van der Waals surface area contributed by atoms with Gasteiger partial charge in [-0.3, -0.25) is 4.79 Å². The Bertz CT molecular complexity index is 1150. The van der Waals surface area contributed by atoms with Crippen molar-refractivity contribution >= 4 is 33.1 Å². The zero-order chi connectivity index (χ0) is 21.1. The lowest BCUT2D eigenvalue weighted by Crippen LogP contribution is -2.38. The number of sulfone groups is 1. The van der Waals surface area contributed by atoms with Crippen molar-refractivity contribution in [3.05, 3.63) is 59.6 Å². The van der Waals surface area contributed by atoms with E-state index in [0.29, 0.717) is 17.8 Å². The number of benzene rings is 1. The Balaban J connectivity index is 1.48. The van der Waals surface area contributed by atoms with Gasteiger partial charge < -0.3 is 10.1 Å². The Labute approximate surface area is 177 Å². The number of hydrogen-bond acceptors (Lipinski definition) is 7. The molecule has 1 aliphatic heterocycles. The summed E-state index contributed by atoms with van der Waals surface area (Å²) in [5, 5.41) is 9.05. The van der Waals surface area contributed by atoms with Crippen molar-refractivity contribution in [3.8, 4) is 16.3 Å². The summed E-state index contributed by atoms with van der Waals surface area (Å²) < 4.78 is 29.7. The molecule has 1 aliphatic rings. The summed E-state index contributed by atoms with van der Waals surface area (Å²) in [4.78, 5) is 25.7. The van der Waals surface area contributed by atoms with Gasteiger partial charge in [0.1, 0.15) is 5.69 Å². The van der Waals surface area contributed by atoms with E-state index in [2.05, 4.69) is 10.4 Å². The third-order valence-electron chi connectivity index (χ3n) is 4.62. The number of nitrogens with one attached hydrogen (secondary N) is 1. The zero-order valence-corrected chi connectivity index (χ0v) is 17.5. The average molecular weight is 446 g/mol. The highest BCUT2D eigenvalue weighted by Crippen LogP contribution is 2.26. The van der Waals surface area contributed by atoms with Crippen LogP contribution in [0.5, 0.6) is 0 Å². The molecule has 1 N–H and O–H groups in total. The van der Waals surface area contributed by atoms with Crippen LogP contribution in [0.1, 0.15) is 16.9 Å². The molecule has 8 nitrogen and oxygen atoms in total. The Hall–Kier alpha value is -2.98. The van der Waals surface area contributed by atoms with Gasteiger partial charge in [-0.1, -0.05) is 24.3 Å². The molecule has 4 rings (SSSR count). The summed E-state index contributed by atoms with van der Waals surface area (Å²) in [6, 6.07) is 14.1. The van der Waals surface area contributed by atoms with Crippen molar-refractivity contribution < 1.29 is 22.7 Å². The lowest BCUT2D eigenvalue weighted by molar-refractivity contribution is -0.124. The van der Waals surface area contributed by atoms with E-state index in [-0.39, 0.29) is 17.2 Å². The second-order valence-electron chi connectivity index (χ2n) is 6.88. The standard InChI is InChI=1S/C20H19N3O5S2/c24-19(21-14-8-10-30(26,27)13-14)12-28-20(25)17-11-16(18-7-4-9-29-18)22-23(17)15-5-2-1-3-6-15/h1-7,9,11,14H,8,10,12-13H2,(H,21,24). The van der Waals surface area contributed by atoms with Crippen LogP contribution in [-0.4, -0.2) is 54.2 Å². The molecule has 1 atom stereocenters. The molecule has 0 spiro atoms. The van der Waals surface area contributed by atoms with Crippen molar-refractivity contribution in [2.75, 3.05) is 18.1 Å². The van der Waals surface area contributed by atoms with Crippen LogP contribution >= 0.6 is 11.3 Å². The minimum atomic E-state index is -3.10. The van der Waals surface area contributed by atoms with E-state index in [1.165, 1.54) is 16.0 Å². The number of nitrogens with zero attached hydrogens (tertiary/aromatic N) is 2. The van der Waals surface area contributed by atoms with Crippen molar-refractivity contribution in [2.24, 2.45) is 0 Å². The number of hydrogen-bond donors (Lipinski definition) is 1. The van der Waals surface area contributed by atoms with E-state index in [0.717, 1.165) is 4.88 Å². The quantitative estimate of drug-likeness (QED) is 0.582. The Morgan fingerprint density at radius 1 is 1.20 bits per heavy atom. The predicted molar refractivity (Wildman–Crippen MR) is 112 cm³/mol. The molecule has 0 saturated carbocycles. The van der Waals surface area contributed by atoms with Gasteiger partial charge in [-0.2, -0.15) is 5.10 Å². The van der Waals surface area contributed by atoms with Crippen molar-refractivity contribution in [1.29, 1.82) is 0 Å². The molecule has 156 valence electrons. The highest BCUT2D eigenvalue weighted by atomic mass is 32.2. The normalized spacial score (nSPS) is 17.5. The second kappa shape index (κ2) is 8.41. The zero-order valence-electron chi connectivity index (χ0n) is 15.9. The molecule has 0 bridgehead atoms. The predicted octanol–water partition coefficient (Wildman–Crippen LogP) is 2.06. The van der Waals surface area contributed by atoms with E-state index < -0.39 is 34.4 Å².